The highest BCUT2D eigenvalue weighted by atomic mass is 16.5. The Hall–Kier alpha value is -2.30. The molecule has 0 saturated carbocycles. The number of anilines is 1. The van der Waals surface area contributed by atoms with Crippen LogP contribution in [-0.2, 0) is 6.54 Å². The van der Waals surface area contributed by atoms with Crippen LogP contribution in [0.3, 0.4) is 0 Å². The Bertz CT molecular complexity index is 497. The van der Waals surface area contributed by atoms with E-state index in [0.717, 1.165) is 11.3 Å². The highest BCUT2D eigenvalue weighted by Gasteiger charge is 1.98. The van der Waals surface area contributed by atoms with Crippen LogP contribution < -0.4 is 14.8 Å². The number of nitrogens with one attached hydrogen (secondary N) is 1. The van der Waals surface area contributed by atoms with Crippen LogP contribution in [0.25, 0.3) is 0 Å². The van der Waals surface area contributed by atoms with Gasteiger partial charge in [0.25, 0.3) is 0 Å². The SMILES string of the molecule is CCOc1ccc(NCc2ccc(OC)nc2)cn1. The van der Waals surface area contributed by atoms with Gasteiger partial charge in [-0.1, -0.05) is 6.07 Å². The molecule has 0 fully saturated rings. The summed E-state index contributed by atoms with van der Waals surface area (Å²) in [5.74, 6) is 1.26. The third-order valence-electron chi connectivity index (χ3n) is 2.53. The number of hydrogen-bond acceptors (Lipinski definition) is 5. The molecule has 0 amide bonds. The molecule has 0 unspecified atom stereocenters. The first-order valence-corrected chi connectivity index (χ1v) is 6.13. The van der Waals surface area contributed by atoms with Crippen molar-refractivity contribution < 1.29 is 9.47 Å². The molecule has 100 valence electrons. The summed E-state index contributed by atoms with van der Waals surface area (Å²) in [6.45, 7) is 3.24. The number of aromatic nitrogens is 2. The maximum Gasteiger partial charge on any atom is 0.213 e. The minimum absolute atomic E-state index is 0.617. The third kappa shape index (κ3) is 3.84. The molecule has 1 N–H and O–H groups in total. The van der Waals surface area contributed by atoms with Gasteiger partial charge in [0.2, 0.25) is 11.8 Å². The second-order valence-electron chi connectivity index (χ2n) is 3.88. The van der Waals surface area contributed by atoms with Crippen molar-refractivity contribution in [3.05, 3.63) is 42.2 Å². The van der Waals surface area contributed by atoms with E-state index in [9.17, 15) is 0 Å². The van der Waals surface area contributed by atoms with Gasteiger partial charge in [0, 0.05) is 24.9 Å². The molecule has 0 atom stereocenters. The fraction of sp³-hybridized carbons (Fsp3) is 0.286. The summed E-state index contributed by atoms with van der Waals surface area (Å²) >= 11 is 0. The largest absolute Gasteiger partial charge is 0.481 e. The van der Waals surface area contributed by atoms with Gasteiger partial charge in [0.1, 0.15) is 0 Å². The van der Waals surface area contributed by atoms with E-state index in [0.29, 0.717) is 24.9 Å². The van der Waals surface area contributed by atoms with Crippen LogP contribution >= 0.6 is 0 Å². The molecule has 0 aromatic carbocycles. The molecule has 0 radical (unpaired) electrons. The summed E-state index contributed by atoms with van der Waals surface area (Å²) in [4.78, 5) is 8.34. The molecular weight excluding hydrogens is 242 g/mol. The predicted molar refractivity (Wildman–Crippen MR) is 73.5 cm³/mol. The summed E-state index contributed by atoms with van der Waals surface area (Å²) in [7, 11) is 1.60. The van der Waals surface area contributed by atoms with Gasteiger partial charge in [-0.15, -0.1) is 0 Å². The van der Waals surface area contributed by atoms with Gasteiger partial charge >= 0.3 is 0 Å². The van der Waals surface area contributed by atoms with Gasteiger partial charge in [-0.05, 0) is 18.6 Å². The zero-order chi connectivity index (χ0) is 13.5. The number of rotatable bonds is 6. The molecule has 0 saturated heterocycles. The molecule has 0 spiro atoms. The number of pyridine rings is 2. The number of methoxy groups -OCH3 is 1. The first-order valence-electron chi connectivity index (χ1n) is 6.13. The Morgan fingerprint density at radius 1 is 1.05 bits per heavy atom. The molecule has 5 heteroatoms. The van der Waals surface area contributed by atoms with Crippen LogP contribution in [0.2, 0.25) is 0 Å². The smallest absolute Gasteiger partial charge is 0.213 e. The Morgan fingerprint density at radius 2 is 1.84 bits per heavy atom. The van der Waals surface area contributed by atoms with E-state index in [1.807, 2.05) is 31.2 Å². The topological polar surface area (TPSA) is 56.3 Å². The second-order valence-corrected chi connectivity index (χ2v) is 3.88. The molecule has 2 aromatic heterocycles. The van der Waals surface area contributed by atoms with Gasteiger partial charge in [-0.25, -0.2) is 9.97 Å². The molecule has 0 aliphatic heterocycles. The highest BCUT2D eigenvalue weighted by Crippen LogP contribution is 2.13. The van der Waals surface area contributed by atoms with Crippen molar-refractivity contribution in [2.45, 2.75) is 13.5 Å². The average Bonchev–Trinajstić information content (AvgIpc) is 2.47. The van der Waals surface area contributed by atoms with Crippen LogP contribution in [-0.4, -0.2) is 23.7 Å². The van der Waals surface area contributed by atoms with Crippen LogP contribution in [0.1, 0.15) is 12.5 Å². The first kappa shape index (κ1) is 13.1. The van der Waals surface area contributed by atoms with Crippen LogP contribution in [0.5, 0.6) is 11.8 Å². The fourth-order valence-corrected chi connectivity index (χ4v) is 1.56. The van der Waals surface area contributed by atoms with E-state index in [4.69, 9.17) is 9.47 Å². The molecule has 2 heterocycles. The standard InChI is InChI=1S/C14H17N3O2/c1-3-19-14-7-5-12(10-17-14)15-8-11-4-6-13(18-2)16-9-11/h4-7,9-10,15H,3,8H2,1-2H3. The lowest BCUT2D eigenvalue weighted by Crippen LogP contribution is -2.01. The second kappa shape index (κ2) is 6.58. The van der Waals surface area contributed by atoms with Crippen LogP contribution in [0, 0.1) is 0 Å². The van der Waals surface area contributed by atoms with Crippen LogP contribution in [0.4, 0.5) is 5.69 Å². The average molecular weight is 259 g/mol. The molecule has 0 aliphatic carbocycles. The number of nitrogens with zero attached hydrogens (tertiary/aromatic N) is 2. The van der Waals surface area contributed by atoms with Crippen molar-refractivity contribution in [2.24, 2.45) is 0 Å². The number of hydrogen-bond donors (Lipinski definition) is 1. The lowest BCUT2D eigenvalue weighted by Gasteiger charge is -2.07. The van der Waals surface area contributed by atoms with Gasteiger partial charge in [0.15, 0.2) is 0 Å². The molecular formula is C14H17N3O2. The zero-order valence-corrected chi connectivity index (χ0v) is 11.1. The Morgan fingerprint density at radius 3 is 2.42 bits per heavy atom. The summed E-state index contributed by atoms with van der Waals surface area (Å²) in [5.41, 5.74) is 2.02. The summed E-state index contributed by atoms with van der Waals surface area (Å²) in [6.07, 6.45) is 3.54. The van der Waals surface area contributed by atoms with E-state index >= 15 is 0 Å². The maximum atomic E-state index is 5.29. The van der Waals surface area contributed by atoms with E-state index in [1.165, 1.54) is 0 Å². The van der Waals surface area contributed by atoms with E-state index < -0.39 is 0 Å². The number of ether oxygens (including phenoxy) is 2. The van der Waals surface area contributed by atoms with Crippen molar-refractivity contribution in [1.82, 2.24) is 9.97 Å². The molecule has 5 nitrogen and oxygen atoms in total. The van der Waals surface area contributed by atoms with Crippen molar-refractivity contribution in [2.75, 3.05) is 19.0 Å². The molecule has 2 rings (SSSR count). The van der Waals surface area contributed by atoms with E-state index in [-0.39, 0.29) is 0 Å². The van der Waals surface area contributed by atoms with Gasteiger partial charge in [-0.2, -0.15) is 0 Å². The Labute approximate surface area is 112 Å². The monoisotopic (exact) mass is 259 g/mol. The van der Waals surface area contributed by atoms with Gasteiger partial charge in [-0.3, -0.25) is 0 Å². The molecule has 19 heavy (non-hydrogen) atoms. The van der Waals surface area contributed by atoms with Crippen molar-refractivity contribution >= 4 is 5.69 Å². The lowest BCUT2D eigenvalue weighted by molar-refractivity contribution is 0.327. The first-order chi connectivity index (χ1) is 9.31. The normalized spacial score (nSPS) is 10.0. The van der Waals surface area contributed by atoms with Crippen LogP contribution in [0.15, 0.2) is 36.7 Å². The van der Waals surface area contributed by atoms with Crippen molar-refractivity contribution in [3.63, 3.8) is 0 Å². The summed E-state index contributed by atoms with van der Waals surface area (Å²) in [5, 5.41) is 3.27. The van der Waals surface area contributed by atoms with Gasteiger partial charge < -0.3 is 14.8 Å². The lowest BCUT2D eigenvalue weighted by atomic mass is 10.3. The summed E-state index contributed by atoms with van der Waals surface area (Å²) in [6, 6.07) is 7.60. The highest BCUT2D eigenvalue weighted by molar-refractivity contribution is 5.42. The van der Waals surface area contributed by atoms with Crippen molar-refractivity contribution in [1.29, 1.82) is 0 Å². The quantitative estimate of drug-likeness (QED) is 0.863. The van der Waals surface area contributed by atoms with Crippen molar-refractivity contribution in [3.8, 4) is 11.8 Å². The van der Waals surface area contributed by atoms with Gasteiger partial charge in [0.05, 0.1) is 25.6 Å². The summed E-state index contributed by atoms with van der Waals surface area (Å²) < 4.78 is 10.3. The fourth-order valence-electron chi connectivity index (χ4n) is 1.56. The molecule has 2 aromatic rings. The molecule has 0 aliphatic rings. The minimum atomic E-state index is 0.617. The van der Waals surface area contributed by atoms with E-state index in [1.54, 1.807) is 19.5 Å². The van der Waals surface area contributed by atoms with E-state index in [2.05, 4.69) is 15.3 Å². The maximum absolute atomic E-state index is 5.29. The zero-order valence-electron chi connectivity index (χ0n) is 11.1. The molecule has 0 bridgehead atoms. The predicted octanol–water partition coefficient (Wildman–Crippen LogP) is 2.50. The minimum Gasteiger partial charge on any atom is -0.481 e. The Balaban J connectivity index is 1.90. The Kier molecular flexibility index (Phi) is 4.55. The third-order valence-corrected chi connectivity index (χ3v) is 2.53.